The van der Waals surface area contributed by atoms with Gasteiger partial charge in [0.2, 0.25) is 0 Å². The second-order valence-corrected chi connectivity index (χ2v) is 5.23. The number of nitrogens with zero attached hydrogens (tertiary/aromatic N) is 1. The van der Waals surface area contributed by atoms with Crippen LogP contribution in [0.3, 0.4) is 0 Å². The van der Waals surface area contributed by atoms with Crippen molar-refractivity contribution in [3.63, 3.8) is 0 Å². The number of rotatable bonds is 7. The van der Waals surface area contributed by atoms with Crippen LogP contribution in [0.15, 0.2) is 18.2 Å². The van der Waals surface area contributed by atoms with E-state index in [9.17, 15) is 9.18 Å². The van der Waals surface area contributed by atoms with Gasteiger partial charge in [-0.1, -0.05) is 13.0 Å². The van der Waals surface area contributed by atoms with Crippen molar-refractivity contribution in [3.05, 3.63) is 29.6 Å². The van der Waals surface area contributed by atoms with E-state index in [1.807, 2.05) is 13.0 Å². The molecule has 1 aromatic rings. The molecule has 0 aliphatic carbocycles. The van der Waals surface area contributed by atoms with Crippen molar-refractivity contribution in [2.24, 2.45) is 5.92 Å². The third kappa shape index (κ3) is 4.49. The average molecular weight is 283 g/mol. The monoisotopic (exact) mass is 283 g/mol. The number of carbonyl (C=O) groups is 1. The lowest BCUT2D eigenvalue weighted by molar-refractivity contribution is -0.142. The summed E-state index contributed by atoms with van der Waals surface area (Å²) in [6.07, 6.45) is 0.692. The van der Waals surface area contributed by atoms with E-state index < -0.39 is 12.0 Å². The van der Waals surface area contributed by atoms with E-state index in [-0.39, 0.29) is 17.5 Å². The molecule has 1 N–H and O–H groups in total. The summed E-state index contributed by atoms with van der Waals surface area (Å²) in [5.74, 6) is -0.743. The minimum Gasteiger partial charge on any atom is -0.494 e. The summed E-state index contributed by atoms with van der Waals surface area (Å²) in [5, 5.41) is 8.94. The molecule has 0 aromatic heterocycles. The minimum atomic E-state index is -0.838. The zero-order valence-electron chi connectivity index (χ0n) is 12.4. The first-order chi connectivity index (χ1) is 9.35. The Hall–Kier alpha value is -1.62. The van der Waals surface area contributed by atoms with E-state index >= 15 is 0 Å². The van der Waals surface area contributed by atoms with E-state index in [2.05, 4.69) is 0 Å². The van der Waals surface area contributed by atoms with Crippen LogP contribution in [-0.4, -0.2) is 42.7 Å². The summed E-state index contributed by atoms with van der Waals surface area (Å²) in [7, 11) is 3.22. The standard InChI is InChI=1S/C15H22FNO3/c1-10(9-17(3)11(2)15(18)19)7-12-5-6-14(20-4)13(16)8-12/h5-6,8,10-11H,7,9H2,1-4H3,(H,18,19). The highest BCUT2D eigenvalue weighted by Gasteiger charge is 2.18. The molecule has 0 amide bonds. The van der Waals surface area contributed by atoms with Gasteiger partial charge >= 0.3 is 5.97 Å². The number of carboxylic acids is 1. The van der Waals surface area contributed by atoms with Crippen LogP contribution in [0.4, 0.5) is 4.39 Å². The van der Waals surface area contributed by atoms with Crippen LogP contribution in [0.25, 0.3) is 0 Å². The Labute approximate surface area is 119 Å². The Bertz CT molecular complexity index is 464. The molecular formula is C15H22FNO3. The second-order valence-electron chi connectivity index (χ2n) is 5.23. The predicted molar refractivity (Wildman–Crippen MR) is 75.5 cm³/mol. The molecule has 4 nitrogen and oxygen atoms in total. The maximum Gasteiger partial charge on any atom is 0.320 e. The Morgan fingerprint density at radius 2 is 2.10 bits per heavy atom. The van der Waals surface area contributed by atoms with Crippen molar-refractivity contribution in [2.45, 2.75) is 26.3 Å². The van der Waals surface area contributed by atoms with Crippen LogP contribution in [0.2, 0.25) is 0 Å². The van der Waals surface area contributed by atoms with Gasteiger partial charge in [-0.05, 0) is 44.0 Å². The van der Waals surface area contributed by atoms with Crippen LogP contribution in [0.5, 0.6) is 5.75 Å². The molecule has 2 atom stereocenters. The molecule has 0 saturated carbocycles. The molecule has 112 valence electrons. The number of benzene rings is 1. The summed E-state index contributed by atoms with van der Waals surface area (Å²) in [6.45, 7) is 4.32. The normalized spacial score (nSPS) is 14.1. The molecule has 0 aliphatic rings. The molecule has 5 heteroatoms. The van der Waals surface area contributed by atoms with Crippen molar-refractivity contribution in [2.75, 3.05) is 20.7 Å². The Morgan fingerprint density at radius 3 is 2.60 bits per heavy atom. The van der Waals surface area contributed by atoms with Crippen molar-refractivity contribution < 1.29 is 19.0 Å². The highest BCUT2D eigenvalue weighted by molar-refractivity contribution is 5.72. The van der Waals surface area contributed by atoms with E-state index in [0.29, 0.717) is 13.0 Å². The third-order valence-corrected chi connectivity index (χ3v) is 3.42. The third-order valence-electron chi connectivity index (χ3n) is 3.42. The van der Waals surface area contributed by atoms with Crippen molar-refractivity contribution >= 4 is 5.97 Å². The van der Waals surface area contributed by atoms with Gasteiger partial charge in [-0.15, -0.1) is 0 Å². The summed E-state index contributed by atoms with van der Waals surface area (Å²) in [4.78, 5) is 12.7. The summed E-state index contributed by atoms with van der Waals surface area (Å²) in [6, 6.07) is 4.39. The van der Waals surface area contributed by atoms with Gasteiger partial charge in [0.15, 0.2) is 11.6 Å². The van der Waals surface area contributed by atoms with Crippen LogP contribution in [-0.2, 0) is 11.2 Å². The van der Waals surface area contributed by atoms with Crippen molar-refractivity contribution in [3.8, 4) is 5.75 Å². The molecule has 0 saturated heterocycles. The maximum atomic E-state index is 13.6. The molecule has 20 heavy (non-hydrogen) atoms. The molecule has 0 bridgehead atoms. The van der Waals surface area contributed by atoms with Gasteiger partial charge in [0, 0.05) is 6.54 Å². The smallest absolute Gasteiger partial charge is 0.320 e. The zero-order valence-corrected chi connectivity index (χ0v) is 12.4. The first-order valence-corrected chi connectivity index (χ1v) is 6.60. The predicted octanol–water partition coefficient (Wildman–Crippen LogP) is 2.42. The lowest BCUT2D eigenvalue weighted by Crippen LogP contribution is -2.38. The second kappa shape index (κ2) is 7.24. The number of halogens is 1. The fraction of sp³-hybridized carbons (Fsp3) is 0.533. The van der Waals surface area contributed by atoms with Crippen LogP contribution >= 0.6 is 0 Å². The largest absolute Gasteiger partial charge is 0.494 e. The van der Waals surface area contributed by atoms with Crippen molar-refractivity contribution in [1.82, 2.24) is 4.90 Å². The van der Waals surface area contributed by atoms with E-state index in [4.69, 9.17) is 9.84 Å². The fourth-order valence-corrected chi connectivity index (χ4v) is 2.14. The Morgan fingerprint density at radius 1 is 1.45 bits per heavy atom. The number of hydrogen-bond donors (Lipinski definition) is 1. The average Bonchev–Trinajstić information content (AvgIpc) is 2.37. The molecule has 1 aromatic carbocycles. The summed E-state index contributed by atoms with van der Waals surface area (Å²) < 4.78 is 18.5. The Kier molecular flexibility index (Phi) is 5.95. The van der Waals surface area contributed by atoms with Gasteiger partial charge in [0.25, 0.3) is 0 Å². The lowest BCUT2D eigenvalue weighted by Gasteiger charge is -2.24. The van der Waals surface area contributed by atoms with Crippen molar-refractivity contribution in [1.29, 1.82) is 0 Å². The van der Waals surface area contributed by atoms with Crippen LogP contribution in [0, 0.1) is 11.7 Å². The number of likely N-dealkylation sites (N-methyl/N-ethyl adjacent to an activating group) is 1. The molecular weight excluding hydrogens is 261 g/mol. The van der Waals surface area contributed by atoms with Gasteiger partial charge in [0.05, 0.1) is 7.11 Å². The first kappa shape index (κ1) is 16.4. The Balaban J connectivity index is 2.60. The number of aliphatic carboxylic acids is 1. The number of hydrogen-bond acceptors (Lipinski definition) is 3. The maximum absolute atomic E-state index is 13.6. The van der Waals surface area contributed by atoms with Gasteiger partial charge in [-0.2, -0.15) is 0 Å². The number of carboxylic acid groups (broad SMARTS) is 1. The SMILES string of the molecule is COc1ccc(CC(C)CN(C)C(C)C(=O)O)cc1F. The summed E-state index contributed by atoms with van der Waals surface area (Å²) in [5.41, 5.74) is 0.882. The number of ether oxygens (including phenoxy) is 1. The van der Waals surface area contributed by atoms with Gasteiger partial charge in [-0.3, -0.25) is 9.69 Å². The highest BCUT2D eigenvalue weighted by atomic mass is 19.1. The van der Waals surface area contributed by atoms with Gasteiger partial charge in [-0.25, -0.2) is 4.39 Å². The highest BCUT2D eigenvalue weighted by Crippen LogP contribution is 2.20. The van der Waals surface area contributed by atoms with E-state index in [0.717, 1.165) is 5.56 Å². The zero-order chi connectivity index (χ0) is 15.3. The molecule has 0 aliphatic heterocycles. The topological polar surface area (TPSA) is 49.8 Å². The molecule has 1 rings (SSSR count). The first-order valence-electron chi connectivity index (χ1n) is 6.60. The van der Waals surface area contributed by atoms with E-state index in [1.165, 1.54) is 13.2 Å². The van der Waals surface area contributed by atoms with Gasteiger partial charge < -0.3 is 9.84 Å². The minimum absolute atomic E-state index is 0.231. The fourth-order valence-electron chi connectivity index (χ4n) is 2.14. The molecule has 0 fully saturated rings. The molecule has 2 unspecified atom stereocenters. The molecule has 0 spiro atoms. The van der Waals surface area contributed by atoms with Crippen LogP contribution < -0.4 is 4.74 Å². The van der Waals surface area contributed by atoms with Crippen LogP contribution in [0.1, 0.15) is 19.4 Å². The quantitative estimate of drug-likeness (QED) is 0.835. The van der Waals surface area contributed by atoms with E-state index in [1.54, 1.807) is 24.9 Å². The molecule has 0 radical (unpaired) electrons. The number of methoxy groups -OCH3 is 1. The molecule has 0 heterocycles. The lowest BCUT2D eigenvalue weighted by atomic mass is 10.00. The van der Waals surface area contributed by atoms with Gasteiger partial charge in [0.1, 0.15) is 6.04 Å². The summed E-state index contributed by atoms with van der Waals surface area (Å²) >= 11 is 0.